The molecule has 9 heteroatoms. The first-order valence-electron chi connectivity index (χ1n) is 7.46. The molecule has 4 heterocycles. The minimum Gasteiger partial charge on any atom is -0.345 e. The Morgan fingerprint density at radius 3 is 2.61 bits per heavy atom. The highest BCUT2D eigenvalue weighted by molar-refractivity contribution is 5.90. The maximum Gasteiger partial charge on any atom is 0.422 e. The van der Waals surface area contributed by atoms with Crippen molar-refractivity contribution in [3.05, 3.63) is 23.5 Å². The van der Waals surface area contributed by atoms with Gasteiger partial charge in [0.05, 0.1) is 0 Å². The molecular formula is C14H16F4N4O. The Morgan fingerprint density at radius 1 is 1.30 bits per heavy atom. The highest BCUT2D eigenvalue weighted by atomic mass is 19.4. The molecule has 1 atom stereocenters. The third kappa shape index (κ3) is 3.60. The smallest absolute Gasteiger partial charge is 0.345 e. The van der Waals surface area contributed by atoms with E-state index in [1.54, 1.807) is 0 Å². The molecule has 5 nitrogen and oxygen atoms in total. The zero-order valence-electron chi connectivity index (χ0n) is 12.2. The van der Waals surface area contributed by atoms with Gasteiger partial charge in [0, 0.05) is 18.8 Å². The average Bonchev–Trinajstić information content (AvgIpc) is 2.77. The predicted molar refractivity (Wildman–Crippen MR) is 72.0 cm³/mol. The number of amides is 1. The lowest BCUT2D eigenvalue weighted by Gasteiger charge is -2.26. The molecule has 0 aromatic carbocycles. The van der Waals surface area contributed by atoms with Gasteiger partial charge >= 0.3 is 6.18 Å². The standard InChI is InChI=1S/C14H16F4N4O/c15-11-10(14(16,17)18)6-19-12(21-11)13(23)20-9-5-8-1-3-22(7-9)4-2-8/h6,8-9H,1-5,7H2,(H,20,23)/t9-/m1/s1. The first-order valence-corrected chi connectivity index (χ1v) is 7.46. The summed E-state index contributed by atoms with van der Waals surface area (Å²) in [6.45, 7) is 2.66. The van der Waals surface area contributed by atoms with E-state index in [-0.39, 0.29) is 6.04 Å². The molecule has 3 aliphatic heterocycles. The van der Waals surface area contributed by atoms with Gasteiger partial charge in [-0.05, 0) is 38.3 Å². The second-order valence-corrected chi connectivity index (χ2v) is 6.05. The van der Waals surface area contributed by atoms with Crippen LogP contribution in [0.5, 0.6) is 0 Å². The summed E-state index contributed by atoms with van der Waals surface area (Å²) in [5.41, 5.74) is -1.58. The number of fused-ring (bicyclic) bond motifs is 4. The molecule has 0 saturated carbocycles. The van der Waals surface area contributed by atoms with Crippen LogP contribution in [0.25, 0.3) is 0 Å². The molecule has 0 radical (unpaired) electrons. The summed E-state index contributed by atoms with van der Waals surface area (Å²) in [7, 11) is 0. The lowest BCUT2D eigenvalue weighted by molar-refractivity contribution is -0.140. The topological polar surface area (TPSA) is 58.1 Å². The second kappa shape index (κ2) is 6.03. The van der Waals surface area contributed by atoms with E-state index in [1.165, 1.54) is 0 Å². The van der Waals surface area contributed by atoms with E-state index in [0.29, 0.717) is 18.7 Å². The molecule has 4 rings (SSSR count). The maximum atomic E-state index is 13.4. The Bertz CT molecular complexity index is 585. The number of hydrogen-bond donors (Lipinski definition) is 1. The van der Waals surface area contributed by atoms with Crippen molar-refractivity contribution in [1.82, 2.24) is 20.2 Å². The maximum absolute atomic E-state index is 13.4. The van der Waals surface area contributed by atoms with Gasteiger partial charge in [0.2, 0.25) is 11.8 Å². The fourth-order valence-electron chi connectivity index (χ4n) is 3.21. The van der Waals surface area contributed by atoms with Gasteiger partial charge in [0.15, 0.2) is 0 Å². The van der Waals surface area contributed by atoms with Gasteiger partial charge in [0.1, 0.15) is 5.56 Å². The molecule has 126 valence electrons. The van der Waals surface area contributed by atoms with Crippen molar-refractivity contribution in [2.24, 2.45) is 5.92 Å². The van der Waals surface area contributed by atoms with Gasteiger partial charge in [-0.25, -0.2) is 4.98 Å². The van der Waals surface area contributed by atoms with E-state index in [4.69, 9.17) is 0 Å². The summed E-state index contributed by atoms with van der Waals surface area (Å²) >= 11 is 0. The molecule has 1 aromatic rings. The highest BCUT2D eigenvalue weighted by Gasteiger charge is 2.36. The van der Waals surface area contributed by atoms with Crippen molar-refractivity contribution in [2.45, 2.75) is 31.5 Å². The van der Waals surface area contributed by atoms with Gasteiger partial charge in [-0.2, -0.15) is 22.5 Å². The minimum absolute atomic E-state index is 0.119. The van der Waals surface area contributed by atoms with E-state index in [0.717, 1.165) is 32.4 Å². The number of carbonyl (C=O) groups is 1. The monoisotopic (exact) mass is 332 g/mol. The number of halogens is 4. The summed E-state index contributed by atoms with van der Waals surface area (Å²) < 4.78 is 50.8. The lowest BCUT2D eigenvalue weighted by atomic mass is 9.94. The zero-order valence-corrected chi connectivity index (χ0v) is 12.2. The second-order valence-electron chi connectivity index (χ2n) is 6.05. The van der Waals surface area contributed by atoms with Gasteiger partial charge in [0.25, 0.3) is 5.91 Å². The minimum atomic E-state index is -4.88. The molecule has 1 aromatic heterocycles. The van der Waals surface area contributed by atoms with Gasteiger partial charge in [-0.15, -0.1) is 0 Å². The van der Waals surface area contributed by atoms with Crippen LogP contribution in [0.3, 0.4) is 0 Å². The third-order valence-corrected chi connectivity index (χ3v) is 4.39. The summed E-state index contributed by atoms with van der Waals surface area (Å²) in [5.74, 6) is -2.53. The largest absolute Gasteiger partial charge is 0.422 e. The quantitative estimate of drug-likeness (QED) is 0.663. The summed E-state index contributed by atoms with van der Waals surface area (Å²) in [6.07, 6.45) is -1.61. The van der Waals surface area contributed by atoms with Crippen molar-refractivity contribution in [3.63, 3.8) is 0 Å². The van der Waals surface area contributed by atoms with Crippen molar-refractivity contribution in [2.75, 3.05) is 19.6 Å². The van der Waals surface area contributed by atoms with E-state index in [1.807, 2.05) is 0 Å². The molecule has 0 spiro atoms. The van der Waals surface area contributed by atoms with Crippen LogP contribution >= 0.6 is 0 Å². The van der Waals surface area contributed by atoms with Crippen LogP contribution in [0, 0.1) is 11.9 Å². The molecule has 3 saturated heterocycles. The number of rotatable bonds is 2. The fraction of sp³-hybridized carbons (Fsp3) is 0.643. The SMILES string of the molecule is O=C(N[C@@H]1CC2CCN(CC2)C1)c1ncc(C(F)(F)F)c(F)n1. The molecule has 0 unspecified atom stereocenters. The number of alkyl halides is 3. The van der Waals surface area contributed by atoms with E-state index in [2.05, 4.69) is 20.2 Å². The summed E-state index contributed by atoms with van der Waals surface area (Å²) in [5, 5.41) is 2.71. The molecule has 3 aliphatic rings. The van der Waals surface area contributed by atoms with Crippen LogP contribution in [-0.2, 0) is 6.18 Å². The zero-order chi connectivity index (χ0) is 16.6. The average molecular weight is 332 g/mol. The van der Waals surface area contributed by atoms with Crippen LogP contribution in [0.1, 0.15) is 35.4 Å². The van der Waals surface area contributed by atoms with Crippen molar-refractivity contribution < 1.29 is 22.4 Å². The Balaban J connectivity index is 1.70. The highest BCUT2D eigenvalue weighted by Crippen LogP contribution is 2.30. The Morgan fingerprint density at radius 2 is 2.00 bits per heavy atom. The van der Waals surface area contributed by atoms with Gasteiger partial charge in [-0.1, -0.05) is 0 Å². The normalized spacial score (nSPS) is 27.6. The molecular weight excluding hydrogens is 316 g/mol. The van der Waals surface area contributed by atoms with Gasteiger partial charge < -0.3 is 10.2 Å². The molecule has 0 aliphatic carbocycles. The number of nitrogens with one attached hydrogen (secondary N) is 1. The number of aromatic nitrogens is 2. The molecule has 3 fully saturated rings. The van der Waals surface area contributed by atoms with Crippen LogP contribution < -0.4 is 5.32 Å². The first kappa shape index (κ1) is 16.1. The first-order chi connectivity index (χ1) is 10.8. The van der Waals surface area contributed by atoms with Crippen molar-refractivity contribution in [1.29, 1.82) is 0 Å². The molecule has 23 heavy (non-hydrogen) atoms. The number of piperidine rings is 1. The number of carbonyl (C=O) groups excluding carboxylic acids is 1. The van der Waals surface area contributed by atoms with Gasteiger partial charge in [-0.3, -0.25) is 4.79 Å². The molecule has 1 amide bonds. The Kier molecular flexibility index (Phi) is 4.22. The van der Waals surface area contributed by atoms with E-state index >= 15 is 0 Å². The molecule has 2 bridgehead atoms. The summed E-state index contributed by atoms with van der Waals surface area (Å²) in [6, 6.07) is -0.119. The Hall–Kier alpha value is -1.77. The van der Waals surface area contributed by atoms with Crippen molar-refractivity contribution >= 4 is 5.91 Å². The lowest BCUT2D eigenvalue weighted by Crippen LogP contribution is -2.42. The third-order valence-electron chi connectivity index (χ3n) is 4.39. The summed E-state index contributed by atoms with van der Waals surface area (Å²) in [4.78, 5) is 20.7. The van der Waals surface area contributed by atoms with Crippen LogP contribution in [0.4, 0.5) is 17.6 Å². The fourth-order valence-corrected chi connectivity index (χ4v) is 3.21. The predicted octanol–water partition coefficient (Wildman–Crippen LogP) is 1.85. The van der Waals surface area contributed by atoms with Crippen LogP contribution in [0.2, 0.25) is 0 Å². The Labute approximate surface area is 130 Å². The number of nitrogens with zero attached hydrogens (tertiary/aromatic N) is 3. The van der Waals surface area contributed by atoms with Crippen LogP contribution in [0.15, 0.2) is 6.20 Å². The molecule has 1 N–H and O–H groups in total. The van der Waals surface area contributed by atoms with E-state index in [9.17, 15) is 22.4 Å². The van der Waals surface area contributed by atoms with E-state index < -0.39 is 29.4 Å². The van der Waals surface area contributed by atoms with Crippen LogP contribution in [-0.4, -0.2) is 46.5 Å². The van der Waals surface area contributed by atoms with Crippen molar-refractivity contribution in [3.8, 4) is 0 Å². The number of hydrogen-bond acceptors (Lipinski definition) is 4.